The first kappa shape index (κ1) is 8.88. The molecule has 0 N–H and O–H groups in total. The van der Waals surface area contributed by atoms with Crippen molar-refractivity contribution in [1.29, 1.82) is 0 Å². The molecule has 0 amide bonds. The van der Waals surface area contributed by atoms with E-state index in [9.17, 15) is 13.2 Å². The predicted octanol–water partition coefficient (Wildman–Crippen LogP) is 2.47. The average Bonchev–Trinajstić information content (AvgIpc) is 1.63. The Hall–Kier alpha value is -0.120. The highest BCUT2D eigenvalue weighted by molar-refractivity contribution is 7.98. The molecule has 0 nitrogen and oxygen atoms in total. The molecule has 0 aromatic carbocycles. The number of hydrogen-bond donors (Lipinski definition) is 0. The van der Waals surface area contributed by atoms with Gasteiger partial charge in [-0.15, -0.1) is 0 Å². The van der Waals surface area contributed by atoms with E-state index in [1.165, 1.54) is 11.8 Å². The van der Waals surface area contributed by atoms with Crippen LogP contribution < -0.4 is 0 Å². The van der Waals surface area contributed by atoms with E-state index in [0.29, 0.717) is 5.75 Å². The summed E-state index contributed by atoms with van der Waals surface area (Å²) < 4.78 is 33.8. The average molecular weight is 156 g/mol. The number of rotatable bonds is 2. The first-order valence-electron chi connectivity index (χ1n) is 2.29. The van der Waals surface area contributed by atoms with Crippen molar-refractivity contribution in [3.8, 4) is 0 Å². The predicted molar refractivity (Wildman–Crippen MR) is 33.6 cm³/mol. The van der Waals surface area contributed by atoms with Gasteiger partial charge in [0.1, 0.15) is 0 Å². The fourth-order valence-electron chi connectivity index (χ4n) is 0.278. The van der Waals surface area contributed by atoms with Crippen molar-refractivity contribution in [2.45, 2.75) is 6.18 Å². The van der Waals surface area contributed by atoms with E-state index in [0.717, 1.165) is 6.08 Å². The quantitative estimate of drug-likeness (QED) is 0.553. The normalized spacial score (nSPS) is 12.9. The Morgan fingerprint density at radius 3 is 2.33 bits per heavy atom. The van der Waals surface area contributed by atoms with Gasteiger partial charge < -0.3 is 0 Å². The molecule has 0 aromatic heterocycles. The molecule has 9 heavy (non-hydrogen) atoms. The highest BCUT2D eigenvalue weighted by Gasteiger charge is 2.21. The lowest BCUT2D eigenvalue weighted by Crippen LogP contribution is -2.00. The van der Waals surface area contributed by atoms with E-state index in [1.54, 1.807) is 6.26 Å². The Kier molecular flexibility index (Phi) is 3.77. The van der Waals surface area contributed by atoms with Gasteiger partial charge >= 0.3 is 6.18 Å². The second kappa shape index (κ2) is 3.82. The van der Waals surface area contributed by atoms with E-state index in [-0.39, 0.29) is 6.08 Å². The summed E-state index contributed by atoms with van der Waals surface area (Å²) in [5, 5.41) is 0. The zero-order valence-electron chi connectivity index (χ0n) is 4.90. The molecule has 0 aliphatic heterocycles. The standard InChI is InChI=1S/C5H7F3S/c1-9-4-2-3-5(6,7)8/h2-3H,4H2,1H3/b3-2+. The van der Waals surface area contributed by atoms with E-state index in [2.05, 4.69) is 0 Å². The fourth-order valence-corrected chi connectivity index (χ4v) is 0.567. The number of alkyl halides is 3. The summed E-state index contributed by atoms with van der Waals surface area (Å²) in [5.74, 6) is 0.416. The van der Waals surface area contributed by atoms with Crippen molar-refractivity contribution in [2.75, 3.05) is 12.0 Å². The highest BCUT2D eigenvalue weighted by Crippen LogP contribution is 2.15. The molecule has 0 fully saturated rings. The Bertz CT molecular complexity index is 94.9. The van der Waals surface area contributed by atoms with Crippen molar-refractivity contribution in [1.82, 2.24) is 0 Å². The third-order valence-corrected chi connectivity index (χ3v) is 1.10. The van der Waals surface area contributed by atoms with Crippen molar-refractivity contribution < 1.29 is 13.2 Å². The van der Waals surface area contributed by atoms with Crippen LogP contribution in [0.25, 0.3) is 0 Å². The summed E-state index contributed by atoms with van der Waals surface area (Å²) >= 11 is 1.36. The summed E-state index contributed by atoms with van der Waals surface area (Å²) in [7, 11) is 0. The molecule has 0 heterocycles. The van der Waals surface area contributed by atoms with Gasteiger partial charge in [0.2, 0.25) is 0 Å². The zero-order chi connectivity index (χ0) is 7.33. The molecule has 0 aliphatic carbocycles. The van der Waals surface area contributed by atoms with Crippen LogP contribution in [0, 0.1) is 0 Å². The summed E-state index contributed by atoms with van der Waals surface area (Å²) in [6.45, 7) is 0. The number of allylic oxidation sites excluding steroid dienone is 1. The van der Waals surface area contributed by atoms with Gasteiger partial charge in [-0.3, -0.25) is 0 Å². The van der Waals surface area contributed by atoms with Gasteiger partial charge in [0.15, 0.2) is 0 Å². The molecule has 0 saturated carbocycles. The van der Waals surface area contributed by atoms with Crippen LogP contribution in [0.5, 0.6) is 0 Å². The topological polar surface area (TPSA) is 0 Å². The van der Waals surface area contributed by atoms with E-state index in [1.807, 2.05) is 0 Å². The molecule has 0 aliphatic rings. The molecule has 4 heteroatoms. The minimum absolute atomic E-state index is 0.253. The lowest BCUT2D eigenvalue weighted by Gasteiger charge is -1.95. The first-order valence-corrected chi connectivity index (χ1v) is 3.69. The van der Waals surface area contributed by atoms with Gasteiger partial charge in [-0.1, -0.05) is 6.08 Å². The Morgan fingerprint density at radius 2 is 2.00 bits per heavy atom. The maximum Gasteiger partial charge on any atom is 0.409 e. The molecular weight excluding hydrogens is 149 g/mol. The van der Waals surface area contributed by atoms with Gasteiger partial charge in [0, 0.05) is 11.8 Å². The molecule has 0 bridgehead atoms. The van der Waals surface area contributed by atoms with Crippen LogP contribution in [0.15, 0.2) is 12.2 Å². The Morgan fingerprint density at radius 1 is 1.44 bits per heavy atom. The van der Waals surface area contributed by atoms with Crippen LogP contribution in [-0.2, 0) is 0 Å². The molecule has 0 rings (SSSR count). The van der Waals surface area contributed by atoms with Crippen LogP contribution in [0.2, 0.25) is 0 Å². The van der Waals surface area contributed by atoms with Crippen molar-refractivity contribution in [3.05, 3.63) is 12.2 Å². The minimum Gasteiger partial charge on any atom is -0.167 e. The second-order valence-corrected chi connectivity index (χ2v) is 2.31. The summed E-state index contributed by atoms with van der Waals surface area (Å²) in [6.07, 6.45) is -1.04. The monoisotopic (exact) mass is 156 g/mol. The SMILES string of the molecule is CSC/C=C/C(F)(F)F. The van der Waals surface area contributed by atoms with Gasteiger partial charge in [-0.05, 0) is 6.26 Å². The van der Waals surface area contributed by atoms with Crippen LogP contribution in [0.4, 0.5) is 13.2 Å². The number of hydrogen-bond acceptors (Lipinski definition) is 1. The Balaban J connectivity index is 3.45. The molecule has 0 radical (unpaired) electrons. The van der Waals surface area contributed by atoms with E-state index >= 15 is 0 Å². The summed E-state index contributed by atoms with van der Waals surface area (Å²) in [4.78, 5) is 0. The third-order valence-electron chi connectivity index (χ3n) is 0.570. The summed E-state index contributed by atoms with van der Waals surface area (Å²) in [5.41, 5.74) is 0. The van der Waals surface area contributed by atoms with Gasteiger partial charge in [-0.2, -0.15) is 24.9 Å². The van der Waals surface area contributed by atoms with Crippen LogP contribution in [0.1, 0.15) is 0 Å². The van der Waals surface area contributed by atoms with E-state index in [4.69, 9.17) is 0 Å². The van der Waals surface area contributed by atoms with Gasteiger partial charge in [0.25, 0.3) is 0 Å². The van der Waals surface area contributed by atoms with Gasteiger partial charge in [-0.25, -0.2) is 0 Å². The molecular formula is C5H7F3S. The first-order chi connectivity index (χ1) is 4.06. The lowest BCUT2D eigenvalue weighted by molar-refractivity contribution is -0.0799. The highest BCUT2D eigenvalue weighted by atomic mass is 32.2. The largest absolute Gasteiger partial charge is 0.409 e. The maximum atomic E-state index is 11.3. The molecule has 0 spiro atoms. The summed E-state index contributed by atoms with van der Waals surface area (Å²) in [6, 6.07) is 0. The lowest BCUT2D eigenvalue weighted by atomic mass is 10.5. The van der Waals surface area contributed by atoms with Gasteiger partial charge in [0.05, 0.1) is 0 Å². The van der Waals surface area contributed by atoms with Crippen LogP contribution >= 0.6 is 11.8 Å². The van der Waals surface area contributed by atoms with Crippen LogP contribution in [-0.4, -0.2) is 18.2 Å². The van der Waals surface area contributed by atoms with E-state index < -0.39 is 6.18 Å². The van der Waals surface area contributed by atoms with Crippen molar-refractivity contribution >= 4 is 11.8 Å². The molecule has 54 valence electrons. The smallest absolute Gasteiger partial charge is 0.167 e. The maximum absolute atomic E-state index is 11.3. The molecule has 0 saturated heterocycles. The zero-order valence-corrected chi connectivity index (χ0v) is 5.72. The molecule has 0 aromatic rings. The molecule has 0 atom stereocenters. The van der Waals surface area contributed by atoms with Crippen molar-refractivity contribution in [3.63, 3.8) is 0 Å². The van der Waals surface area contributed by atoms with Crippen molar-refractivity contribution in [2.24, 2.45) is 0 Å². The fraction of sp³-hybridized carbons (Fsp3) is 0.600. The molecule has 0 unspecified atom stereocenters. The second-order valence-electron chi connectivity index (χ2n) is 1.40. The third kappa shape index (κ3) is 7.88. The minimum atomic E-state index is -4.14. The number of thioether (sulfide) groups is 1. The number of halogens is 3. The Labute approximate surface area is 56.1 Å². The van der Waals surface area contributed by atoms with Crippen LogP contribution in [0.3, 0.4) is 0 Å².